The van der Waals surface area contributed by atoms with Crippen LogP contribution in [0.1, 0.15) is 16.1 Å². The van der Waals surface area contributed by atoms with E-state index in [0.717, 1.165) is 11.5 Å². The third-order valence-corrected chi connectivity index (χ3v) is 3.57. The summed E-state index contributed by atoms with van der Waals surface area (Å²) in [6.07, 6.45) is 0. The maximum absolute atomic E-state index is 11.8. The number of halogens is 1. The van der Waals surface area contributed by atoms with Crippen molar-refractivity contribution in [3.63, 3.8) is 0 Å². The molecule has 0 radical (unpaired) electrons. The highest BCUT2D eigenvalue weighted by Crippen LogP contribution is 2.21. The number of aryl methyl sites for hydroxylation is 1. The number of nitrogens with zero attached hydrogens (tertiary/aromatic N) is 1. The molecular formula is C13H12ClN3O3S. The first-order valence-electron chi connectivity index (χ1n) is 5.91. The molecule has 0 unspecified atom stereocenters. The van der Waals surface area contributed by atoms with Crippen molar-refractivity contribution < 1.29 is 14.3 Å². The third-order valence-electron chi connectivity index (χ3n) is 2.56. The number of esters is 1. The van der Waals surface area contributed by atoms with Crippen LogP contribution in [0.15, 0.2) is 24.3 Å². The second-order valence-corrected chi connectivity index (χ2v) is 5.38. The number of nitrogen functional groups attached to an aromatic ring is 1. The molecule has 8 heteroatoms. The molecule has 0 aliphatic rings. The van der Waals surface area contributed by atoms with Crippen molar-refractivity contribution in [2.24, 2.45) is 0 Å². The fraction of sp³-hybridized carbons (Fsp3) is 0.154. The highest BCUT2D eigenvalue weighted by molar-refractivity contribution is 7.10. The van der Waals surface area contributed by atoms with E-state index in [2.05, 4.69) is 9.69 Å². The van der Waals surface area contributed by atoms with Crippen LogP contribution in [-0.2, 0) is 9.53 Å². The molecule has 21 heavy (non-hydrogen) atoms. The van der Waals surface area contributed by atoms with Gasteiger partial charge in [-0.05, 0) is 42.7 Å². The van der Waals surface area contributed by atoms with Crippen molar-refractivity contribution in [2.75, 3.05) is 17.7 Å². The second-order valence-electron chi connectivity index (χ2n) is 4.14. The van der Waals surface area contributed by atoms with Crippen molar-refractivity contribution in [3.05, 3.63) is 40.5 Å². The summed E-state index contributed by atoms with van der Waals surface area (Å²) in [7, 11) is 0. The van der Waals surface area contributed by atoms with E-state index in [1.165, 1.54) is 0 Å². The number of hydrogen-bond donors (Lipinski definition) is 2. The molecule has 0 fully saturated rings. The highest BCUT2D eigenvalue weighted by Gasteiger charge is 2.18. The Morgan fingerprint density at radius 1 is 1.38 bits per heavy atom. The van der Waals surface area contributed by atoms with E-state index in [1.807, 2.05) is 0 Å². The Morgan fingerprint density at radius 3 is 2.62 bits per heavy atom. The summed E-state index contributed by atoms with van der Waals surface area (Å²) in [5, 5.41) is 3.42. The minimum Gasteiger partial charge on any atom is -0.452 e. The summed E-state index contributed by atoms with van der Waals surface area (Å²) in [5.74, 6) is -1.12. The highest BCUT2D eigenvalue weighted by atomic mass is 35.5. The van der Waals surface area contributed by atoms with Gasteiger partial charge in [-0.2, -0.15) is 4.37 Å². The number of hydrogen-bond acceptors (Lipinski definition) is 6. The van der Waals surface area contributed by atoms with Crippen molar-refractivity contribution in [1.82, 2.24) is 4.37 Å². The van der Waals surface area contributed by atoms with Crippen LogP contribution in [0.25, 0.3) is 0 Å². The van der Waals surface area contributed by atoms with Gasteiger partial charge in [0.05, 0.1) is 5.69 Å². The van der Waals surface area contributed by atoms with Crippen LogP contribution in [-0.4, -0.2) is 22.9 Å². The Labute approximate surface area is 130 Å². The van der Waals surface area contributed by atoms with Crippen molar-refractivity contribution in [2.45, 2.75) is 6.92 Å². The molecule has 0 aliphatic carbocycles. The van der Waals surface area contributed by atoms with Crippen LogP contribution >= 0.6 is 23.1 Å². The van der Waals surface area contributed by atoms with E-state index in [0.29, 0.717) is 16.4 Å². The topological polar surface area (TPSA) is 94.3 Å². The van der Waals surface area contributed by atoms with Gasteiger partial charge < -0.3 is 15.8 Å². The Morgan fingerprint density at radius 2 is 2.05 bits per heavy atom. The average Bonchev–Trinajstić information content (AvgIpc) is 2.78. The molecule has 0 spiro atoms. The van der Waals surface area contributed by atoms with Gasteiger partial charge in [0.25, 0.3) is 5.91 Å². The number of ether oxygens (including phenoxy) is 1. The molecule has 2 aromatic rings. The number of aromatic nitrogens is 1. The van der Waals surface area contributed by atoms with E-state index in [4.69, 9.17) is 22.1 Å². The van der Waals surface area contributed by atoms with Gasteiger partial charge in [-0.1, -0.05) is 11.6 Å². The molecule has 110 valence electrons. The Balaban J connectivity index is 1.89. The van der Waals surface area contributed by atoms with Crippen LogP contribution in [0.4, 0.5) is 10.7 Å². The summed E-state index contributed by atoms with van der Waals surface area (Å²) in [5.41, 5.74) is 6.89. The molecule has 0 aliphatic heterocycles. The van der Waals surface area contributed by atoms with Gasteiger partial charge in [0.2, 0.25) is 0 Å². The van der Waals surface area contributed by atoms with Crippen LogP contribution in [0, 0.1) is 6.92 Å². The Bertz CT molecular complexity index is 650. The fourth-order valence-electron chi connectivity index (χ4n) is 1.57. The van der Waals surface area contributed by atoms with E-state index >= 15 is 0 Å². The maximum Gasteiger partial charge on any atom is 0.343 e. The number of nitrogens with two attached hydrogens (primary N) is 1. The van der Waals surface area contributed by atoms with Gasteiger partial charge in [-0.15, -0.1) is 0 Å². The molecule has 2 rings (SSSR count). The third kappa shape index (κ3) is 3.93. The van der Waals surface area contributed by atoms with Crippen LogP contribution in [0.2, 0.25) is 5.02 Å². The molecule has 1 amide bonds. The molecule has 1 aromatic heterocycles. The summed E-state index contributed by atoms with van der Waals surface area (Å²) >= 11 is 6.75. The first kappa shape index (κ1) is 15.3. The smallest absolute Gasteiger partial charge is 0.343 e. The molecule has 3 N–H and O–H groups in total. The van der Waals surface area contributed by atoms with Gasteiger partial charge in [0.15, 0.2) is 6.61 Å². The van der Waals surface area contributed by atoms with Gasteiger partial charge in [-0.3, -0.25) is 4.79 Å². The number of carbonyl (C=O) groups is 2. The Hall–Kier alpha value is -2.12. The van der Waals surface area contributed by atoms with E-state index in [-0.39, 0.29) is 10.6 Å². The number of rotatable bonds is 4. The summed E-state index contributed by atoms with van der Waals surface area (Å²) in [6.45, 7) is 1.24. The average molecular weight is 326 g/mol. The van der Waals surface area contributed by atoms with Gasteiger partial charge >= 0.3 is 5.97 Å². The first-order chi connectivity index (χ1) is 9.97. The standard InChI is InChI=1S/C13H12ClN3O3S/c1-7-11(12(15)21-17-7)13(19)20-6-10(18)16-9-4-2-8(14)3-5-9/h2-5H,6,15H2,1H3,(H,16,18). The molecule has 0 saturated carbocycles. The van der Waals surface area contributed by atoms with E-state index in [9.17, 15) is 9.59 Å². The lowest BCUT2D eigenvalue weighted by molar-refractivity contribution is -0.119. The SMILES string of the molecule is Cc1nsc(N)c1C(=O)OCC(=O)Nc1ccc(Cl)cc1. The molecule has 1 heterocycles. The zero-order chi connectivity index (χ0) is 15.4. The molecular weight excluding hydrogens is 314 g/mol. The largest absolute Gasteiger partial charge is 0.452 e. The maximum atomic E-state index is 11.8. The monoisotopic (exact) mass is 325 g/mol. The zero-order valence-corrected chi connectivity index (χ0v) is 12.6. The minimum atomic E-state index is -0.662. The van der Waals surface area contributed by atoms with Crippen LogP contribution in [0.3, 0.4) is 0 Å². The fourth-order valence-corrected chi connectivity index (χ4v) is 2.34. The normalized spacial score (nSPS) is 10.2. The first-order valence-corrected chi connectivity index (χ1v) is 7.07. The number of carbonyl (C=O) groups excluding carboxylic acids is 2. The number of benzene rings is 1. The minimum absolute atomic E-state index is 0.208. The predicted molar refractivity (Wildman–Crippen MR) is 81.6 cm³/mol. The lowest BCUT2D eigenvalue weighted by atomic mass is 10.2. The molecule has 0 atom stereocenters. The molecule has 1 aromatic carbocycles. The quantitative estimate of drug-likeness (QED) is 0.842. The van der Waals surface area contributed by atoms with Crippen molar-refractivity contribution in [1.29, 1.82) is 0 Å². The van der Waals surface area contributed by atoms with Gasteiger partial charge in [-0.25, -0.2) is 4.79 Å². The van der Waals surface area contributed by atoms with E-state index in [1.54, 1.807) is 31.2 Å². The van der Waals surface area contributed by atoms with Gasteiger partial charge in [0, 0.05) is 10.7 Å². The molecule has 0 saturated heterocycles. The second kappa shape index (κ2) is 6.55. The lowest BCUT2D eigenvalue weighted by Gasteiger charge is -2.06. The number of amides is 1. The van der Waals surface area contributed by atoms with Gasteiger partial charge in [0.1, 0.15) is 10.6 Å². The Kier molecular flexibility index (Phi) is 4.77. The van der Waals surface area contributed by atoms with Crippen molar-refractivity contribution in [3.8, 4) is 0 Å². The summed E-state index contributed by atoms with van der Waals surface area (Å²) in [6, 6.07) is 6.58. The van der Waals surface area contributed by atoms with Crippen LogP contribution in [0.5, 0.6) is 0 Å². The van der Waals surface area contributed by atoms with Crippen LogP contribution < -0.4 is 11.1 Å². The molecule has 0 bridgehead atoms. The zero-order valence-electron chi connectivity index (χ0n) is 11.1. The predicted octanol–water partition coefficient (Wildman–Crippen LogP) is 2.48. The summed E-state index contributed by atoms with van der Waals surface area (Å²) in [4.78, 5) is 23.5. The number of anilines is 2. The lowest BCUT2D eigenvalue weighted by Crippen LogP contribution is -2.21. The number of nitrogens with one attached hydrogen (secondary N) is 1. The molecule has 6 nitrogen and oxygen atoms in total. The van der Waals surface area contributed by atoms with E-state index < -0.39 is 18.5 Å². The summed E-state index contributed by atoms with van der Waals surface area (Å²) < 4.78 is 8.86. The van der Waals surface area contributed by atoms with Crippen molar-refractivity contribution >= 4 is 45.7 Å².